The SMILES string of the molecule is Cc1ccc(Cc2nn(CCCN)c(=O)c3ccccc23)cc1. The van der Waals surface area contributed by atoms with Crippen molar-refractivity contribution in [3.8, 4) is 0 Å². The Labute approximate surface area is 135 Å². The second kappa shape index (κ2) is 6.75. The van der Waals surface area contributed by atoms with E-state index in [0.717, 1.165) is 22.9 Å². The van der Waals surface area contributed by atoms with Gasteiger partial charge in [0.25, 0.3) is 5.56 Å². The van der Waals surface area contributed by atoms with Crippen LogP contribution in [0.5, 0.6) is 0 Å². The van der Waals surface area contributed by atoms with E-state index in [1.807, 2.05) is 24.3 Å². The standard InChI is InChI=1S/C19H21N3O/c1-14-7-9-15(10-8-14)13-18-16-5-2-3-6-17(16)19(23)22(21-18)12-4-11-20/h2-3,5-10H,4,11-13,20H2,1H3. The number of aryl methyl sites for hydroxylation is 2. The summed E-state index contributed by atoms with van der Waals surface area (Å²) in [4.78, 5) is 12.5. The lowest BCUT2D eigenvalue weighted by Crippen LogP contribution is -2.26. The zero-order valence-corrected chi connectivity index (χ0v) is 13.3. The van der Waals surface area contributed by atoms with Gasteiger partial charge >= 0.3 is 0 Å². The van der Waals surface area contributed by atoms with Crippen molar-refractivity contribution in [1.82, 2.24) is 9.78 Å². The van der Waals surface area contributed by atoms with Crippen molar-refractivity contribution in [2.24, 2.45) is 5.73 Å². The Balaban J connectivity index is 2.08. The van der Waals surface area contributed by atoms with Crippen LogP contribution in [0.15, 0.2) is 53.3 Å². The molecule has 3 rings (SSSR count). The van der Waals surface area contributed by atoms with Gasteiger partial charge in [-0.1, -0.05) is 48.0 Å². The minimum absolute atomic E-state index is 0.0401. The van der Waals surface area contributed by atoms with Gasteiger partial charge < -0.3 is 5.73 Å². The lowest BCUT2D eigenvalue weighted by molar-refractivity contribution is 0.551. The van der Waals surface area contributed by atoms with Crippen LogP contribution in [-0.2, 0) is 13.0 Å². The van der Waals surface area contributed by atoms with Crippen molar-refractivity contribution in [2.75, 3.05) is 6.54 Å². The van der Waals surface area contributed by atoms with Crippen molar-refractivity contribution in [1.29, 1.82) is 0 Å². The van der Waals surface area contributed by atoms with Crippen molar-refractivity contribution in [2.45, 2.75) is 26.3 Å². The van der Waals surface area contributed by atoms with E-state index in [1.54, 1.807) is 4.68 Å². The molecule has 4 heteroatoms. The maximum atomic E-state index is 12.5. The molecule has 0 amide bonds. The van der Waals surface area contributed by atoms with E-state index in [-0.39, 0.29) is 5.56 Å². The van der Waals surface area contributed by atoms with Crippen LogP contribution in [0, 0.1) is 6.92 Å². The molecule has 23 heavy (non-hydrogen) atoms. The number of hydrogen-bond donors (Lipinski definition) is 1. The number of aromatic nitrogens is 2. The van der Waals surface area contributed by atoms with Crippen LogP contribution in [0.4, 0.5) is 0 Å². The lowest BCUT2D eigenvalue weighted by Gasteiger charge is -2.11. The summed E-state index contributed by atoms with van der Waals surface area (Å²) in [5.41, 5.74) is 8.89. The molecule has 0 spiro atoms. The molecule has 0 saturated heterocycles. The van der Waals surface area contributed by atoms with E-state index in [1.165, 1.54) is 11.1 Å². The van der Waals surface area contributed by atoms with Crippen LogP contribution >= 0.6 is 0 Å². The summed E-state index contributed by atoms with van der Waals surface area (Å²) in [6.45, 7) is 3.18. The van der Waals surface area contributed by atoms with Crippen LogP contribution in [0.3, 0.4) is 0 Å². The van der Waals surface area contributed by atoms with Gasteiger partial charge in [0.05, 0.1) is 11.1 Å². The highest BCUT2D eigenvalue weighted by atomic mass is 16.1. The third-order valence-corrected chi connectivity index (χ3v) is 4.01. The quantitative estimate of drug-likeness (QED) is 0.788. The van der Waals surface area contributed by atoms with E-state index >= 15 is 0 Å². The summed E-state index contributed by atoms with van der Waals surface area (Å²) in [6, 6.07) is 16.1. The summed E-state index contributed by atoms with van der Waals surface area (Å²) < 4.78 is 1.55. The van der Waals surface area contributed by atoms with Crippen molar-refractivity contribution in [3.63, 3.8) is 0 Å². The first kappa shape index (κ1) is 15.4. The average molecular weight is 307 g/mol. The van der Waals surface area contributed by atoms with Crippen molar-refractivity contribution < 1.29 is 0 Å². The topological polar surface area (TPSA) is 60.9 Å². The molecule has 0 fully saturated rings. The first-order chi connectivity index (χ1) is 11.2. The molecular weight excluding hydrogens is 286 g/mol. The zero-order valence-electron chi connectivity index (χ0n) is 13.3. The van der Waals surface area contributed by atoms with Gasteiger partial charge in [-0.25, -0.2) is 4.68 Å². The minimum atomic E-state index is -0.0401. The molecule has 1 aromatic heterocycles. The fraction of sp³-hybridized carbons (Fsp3) is 0.263. The second-order valence-electron chi connectivity index (χ2n) is 5.83. The fourth-order valence-corrected chi connectivity index (χ4v) is 2.73. The zero-order chi connectivity index (χ0) is 16.2. The highest BCUT2D eigenvalue weighted by Crippen LogP contribution is 2.17. The minimum Gasteiger partial charge on any atom is -0.330 e. The van der Waals surface area contributed by atoms with Crippen LogP contribution in [0.1, 0.15) is 23.2 Å². The number of hydrogen-bond acceptors (Lipinski definition) is 3. The largest absolute Gasteiger partial charge is 0.330 e. The van der Waals surface area contributed by atoms with Crippen molar-refractivity contribution in [3.05, 3.63) is 75.7 Å². The van der Waals surface area contributed by atoms with Gasteiger partial charge in [0.15, 0.2) is 0 Å². The third kappa shape index (κ3) is 3.32. The molecule has 118 valence electrons. The predicted molar refractivity (Wildman–Crippen MR) is 93.7 cm³/mol. The maximum Gasteiger partial charge on any atom is 0.274 e. The molecule has 1 heterocycles. The molecule has 0 unspecified atom stereocenters. The van der Waals surface area contributed by atoms with E-state index in [0.29, 0.717) is 19.5 Å². The van der Waals surface area contributed by atoms with Gasteiger partial charge in [0.1, 0.15) is 0 Å². The fourth-order valence-electron chi connectivity index (χ4n) is 2.73. The molecule has 0 aliphatic rings. The average Bonchev–Trinajstić information content (AvgIpc) is 2.58. The van der Waals surface area contributed by atoms with Crippen molar-refractivity contribution >= 4 is 10.8 Å². The molecular formula is C19H21N3O. The smallest absolute Gasteiger partial charge is 0.274 e. The van der Waals surface area contributed by atoms with Gasteiger partial charge in [0, 0.05) is 18.4 Å². The molecule has 0 bridgehead atoms. The Hall–Kier alpha value is -2.46. The number of nitrogens with zero attached hydrogens (tertiary/aromatic N) is 2. The molecule has 3 aromatic rings. The lowest BCUT2D eigenvalue weighted by atomic mass is 10.0. The second-order valence-corrected chi connectivity index (χ2v) is 5.83. The molecule has 0 saturated carbocycles. The monoisotopic (exact) mass is 307 g/mol. The van der Waals surface area contributed by atoms with Gasteiger partial charge in [-0.05, 0) is 31.5 Å². The number of rotatable bonds is 5. The number of nitrogens with two attached hydrogens (primary N) is 1. The number of benzene rings is 2. The molecule has 2 aromatic carbocycles. The summed E-state index contributed by atoms with van der Waals surface area (Å²) in [5.74, 6) is 0. The van der Waals surface area contributed by atoms with E-state index in [2.05, 4.69) is 36.3 Å². The first-order valence-electron chi connectivity index (χ1n) is 7.93. The van der Waals surface area contributed by atoms with Crippen LogP contribution in [0.2, 0.25) is 0 Å². The Morgan fingerprint density at radius 1 is 1.04 bits per heavy atom. The van der Waals surface area contributed by atoms with Gasteiger partial charge in [-0.15, -0.1) is 0 Å². The van der Waals surface area contributed by atoms with E-state index in [4.69, 9.17) is 5.73 Å². The Bertz CT molecular complexity index is 866. The van der Waals surface area contributed by atoms with Crippen LogP contribution < -0.4 is 11.3 Å². The highest BCUT2D eigenvalue weighted by molar-refractivity contribution is 5.83. The first-order valence-corrected chi connectivity index (χ1v) is 7.93. The predicted octanol–water partition coefficient (Wildman–Crippen LogP) is 2.64. The van der Waals surface area contributed by atoms with Gasteiger partial charge in [-0.2, -0.15) is 5.10 Å². The summed E-state index contributed by atoms with van der Waals surface area (Å²) >= 11 is 0. The van der Waals surface area contributed by atoms with E-state index < -0.39 is 0 Å². The third-order valence-electron chi connectivity index (χ3n) is 4.01. The highest BCUT2D eigenvalue weighted by Gasteiger charge is 2.10. The molecule has 0 aliphatic carbocycles. The molecule has 0 radical (unpaired) electrons. The van der Waals surface area contributed by atoms with Crippen LogP contribution in [-0.4, -0.2) is 16.3 Å². The van der Waals surface area contributed by atoms with E-state index in [9.17, 15) is 4.79 Å². The Morgan fingerprint density at radius 2 is 1.74 bits per heavy atom. The van der Waals surface area contributed by atoms with Crippen LogP contribution in [0.25, 0.3) is 10.8 Å². The Morgan fingerprint density at radius 3 is 2.43 bits per heavy atom. The normalized spacial score (nSPS) is 11.0. The molecule has 2 N–H and O–H groups in total. The molecule has 4 nitrogen and oxygen atoms in total. The summed E-state index contributed by atoms with van der Waals surface area (Å²) in [7, 11) is 0. The maximum absolute atomic E-state index is 12.5. The van der Waals surface area contributed by atoms with Gasteiger partial charge in [-0.3, -0.25) is 4.79 Å². The Kier molecular flexibility index (Phi) is 4.53. The molecule has 0 atom stereocenters. The number of fused-ring (bicyclic) bond motifs is 1. The molecule has 0 aliphatic heterocycles. The van der Waals surface area contributed by atoms with Gasteiger partial charge in [0.2, 0.25) is 0 Å². The summed E-state index contributed by atoms with van der Waals surface area (Å²) in [6.07, 6.45) is 1.46. The summed E-state index contributed by atoms with van der Waals surface area (Å²) in [5, 5.41) is 6.26.